The van der Waals surface area contributed by atoms with Gasteiger partial charge in [-0.1, -0.05) is 40.2 Å². The van der Waals surface area contributed by atoms with Crippen LogP contribution >= 0.6 is 27.3 Å². The van der Waals surface area contributed by atoms with E-state index in [0.29, 0.717) is 10.6 Å². The number of nitrogens with zero attached hydrogens (tertiary/aromatic N) is 2. The summed E-state index contributed by atoms with van der Waals surface area (Å²) in [7, 11) is -0.643. The van der Waals surface area contributed by atoms with Gasteiger partial charge in [-0.25, -0.2) is 13.4 Å². The molecule has 3 aromatic rings. The van der Waals surface area contributed by atoms with Gasteiger partial charge in [-0.05, 0) is 29.8 Å². The van der Waals surface area contributed by atoms with Gasteiger partial charge in [-0.3, -0.25) is 4.79 Å². The van der Waals surface area contributed by atoms with Gasteiger partial charge >= 0.3 is 0 Å². The number of sulfonamides is 1. The van der Waals surface area contributed by atoms with E-state index in [4.69, 9.17) is 0 Å². The van der Waals surface area contributed by atoms with Crippen molar-refractivity contribution in [3.63, 3.8) is 0 Å². The summed E-state index contributed by atoms with van der Waals surface area (Å²) in [4.78, 5) is 15.9. The van der Waals surface area contributed by atoms with Crippen LogP contribution in [0.1, 0.15) is 15.9 Å². The quantitative estimate of drug-likeness (QED) is 0.583. The van der Waals surface area contributed by atoms with Crippen LogP contribution in [0.3, 0.4) is 0 Å². The van der Waals surface area contributed by atoms with Crippen LogP contribution < -0.4 is 5.32 Å². The molecule has 0 atom stereocenters. The standard InChI is InChI=1S/C19H18BrN3O3S2/c1-21-18(24)14-5-3-13(4-6-14)11-23(2)28(25,26)17-12-27-19(22-17)15-7-9-16(20)10-8-15/h3-10,12H,11H2,1-2H3,(H,21,24). The molecule has 0 aliphatic heterocycles. The van der Waals surface area contributed by atoms with Gasteiger partial charge < -0.3 is 5.32 Å². The molecule has 6 nitrogen and oxygen atoms in total. The molecule has 3 rings (SSSR count). The molecule has 1 aromatic heterocycles. The van der Waals surface area contributed by atoms with E-state index in [0.717, 1.165) is 15.6 Å². The molecule has 1 amide bonds. The largest absolute Gasteiger partial charge is 0.355 e. The van der Waals surface area contributed by atoms with Gasteiger partial charge in [0.05, 0.1) is 0 Å². The number of carbonyl (C=O) groups excluding carboxylic acids is 1. The highest BCUT2D eigenvalue weighted by molar-refractivity contribution is 9.10. The number of hydrogen-bond acceptors (Lipinski definition) is 5. The summed E-state index contributed by atoms with van der Waals surface area (Å²) in [6.45, 7) is 0.182. The number of carbonyl (C=O) groups is 1. The van der Waals surface area contributed by atoms with E-state index < -0.39 is 10.0 Å². The third-order valence-corrected chi connectivity index (χ3v) is 7.35. The Morgan fingerprint density at radius 3 is 2.39 bits per heavy atom. The van der Waals surface area contributed by atoms with E-state index in [9.17, 15) is 13.2 Å². The highest BCUT2D eigenvalue weighted by Crippen LogP contribution is 2.28. The van der Waals surface area contributed by atoms with Crippen LogP contribution in [0.5, 0.6) is 0 Å². The Kier molecular flexibility index (Phi) is 6.29. The lowest BCUT2D eigenvalue weighted by Gasteiger charge is -2.16. The molecule has 0 saturated heterocycles. The summed E-state index contributed by atoms with van der Waals surface area (Å²) in [5.74, 6) is -0.185. The van der Waals surface area contributed by atoms with Crippen molar-refractivity contribution in [2.75, 3.05) is 14.1 Å². The lowest BCUT2D eigenvalue weighted by atomic mass is 10.1. The van der Waals surface area contributed by atoms with Crippen LogP contribution in [0.2, 0.25) is 0 Å². The number of thiazole rings is 1. The molecule has 0 bridgehead atoms. The van der Waals surface area contributed by atoms with Crippen molar-refractivity contribution in [3.8, 4) is 10.6 Å². The van der Waals surface area contributed by atoms with E-state index >= 15 is 0 Å². The summed E-state index contributed by atoms with van der Waals surface area (Å²) in [5, 5.41) is 4.78. The Morgan fingerprint density at radius 2 is 1.79 bits per heavy atom. The lowest BCUT2D eigenvalue weighted by Crippen LogP contribution is -2.26. The van der Waals surface area contributed by atoms with Crippen molar-refractivity contribution in [1.29, 1.82) is 0 Å². The fourth-order valence-electron chi connectivity index (χ4n) is 2.51. The van der Waals surface area contributed by atoms with Crippen molar-refractivity contribution >= 4 is 43.2 Å². The van der Waals surface area contributed by atoms with Crippen molar-refractivity contribution < 1.29 is 13.2 Å². The Labute approximate surface area is 176 Å². The fourth-order valence-corrected chi connectivity index (χ4v) is 5.00. The highest BCUT2D eigenvalue weighted by Gasteiger charge is 2.24. The highest BCUT2D eigenvalue weighted by atomic mass is 79.9. The zero-order valence-electron chi connectivity index (χ0n) is 15.2. The predicted molar refractivity (Wildman–Crippen MR) is 114 cm³/mol. The molecule has 0 radical (unpaired) electrons. The number of amides is 1. The van der Waals surface area contributed by atoms with Gasteiger partial charge in [-0.2, -0.15) is 4.31 Å². The molecule has 146 valence electrons. The third kappa shape index (κ3) is 4.49. The molecule has 0 aliphatic rings. The molecular weight excluding hydrogens is 462 g/mol. The van der Waals surface area contributed by atoms with E-state index in [1.807, 2.05) is 24.3 Å². The van der Waals surface area contributed by atoms with Crippen LogP contribution in [0.25, 0.3) is 10.6 Å². The monoisotopic (exact) mass is 479 g/mol. The van der Waals surface area contributed by atoms with Gasteiger partial charge in [0.15, 0.2) is 5.03 Å². The molecule has 0 spiro atoms. The van der Waals surface area contributed by atoms with Crippen molar-refractivity contribution in [1.82, 2.24) is 14.6 Å². The second-order valence-corrected chi connectivity index (χ2v) is 9.80. The number of nitrogens with one attached hydrogen (secondary N) is 1. The van der Waals surface area contributed by atoms with Gasteiger partial charge in [0.25, 0.3) is 15.9 Å². The minimum absolute atomic E-state index is 0.0277. The molecule has 9 heteroatoms. The average molecular weight is 480 g/mol. The van der Waals surface area contributed by atoms with E-state index in [-0.39, 0.29) is 17.5 Å². The first-order chi connectivity index (χ1) is 13.3. The van der Waals surface area contributed by atoms with Crippen molar-refractivity contribution in [2.45, 2.75) is 11.6 Å². The maximum atomic E-state index is 12.9. The molecule has 1 N–H and O–H groups in total. The smallest absolute Gasteiger partial charge is 0.261 e. The number of aromatic nitrogens is 1. The minimum atomic E-state index is -3.72. The summed E-state index contributed by atoms with van der Waals surface area (Å²) >= 11 is 4.67. The first-order valence-corrected chi connectivity index (χ1v) is 11.4. The Balaban J connectivity index is 1.77. The SMILES string of the molecule is CNC(=O)c1ccc(CN(C)S(=O)(=O)c2csc(-c3ccc(Br)cc3)n2)cc1. The summed E-state index contributed by atoms with van der Waals surface area (Å²) in [6, 6.07) is 14.4. The van der Waals surface area contributed by atoms with Crippen LogP contribution in [-0.4, -0.2) is 37.7 Å². The Bertz CT molecular complexity index is 1080. The minimum Gasteiger partial charge on any atom is -0.355 e. The van der Waals surface area contributed by atoms with E-state index in [1.54, 1.807) is 36.7 Å². The van der Waals surface area contributed by atoms with E-state index in [1.165, 1.54) is 22.7 Å². The topological polar surface area (TPSA) is 79.4 Å². The molecule has 0 saturated carbocycles. The van der Waals surface area contributed by atoms with Gasteiger partial charge in [0.1, 0.15) is 5.01 Å². The lowest BCUT2D eigenvalue weighted by molar-refractivity contribution is 0.0963. The predicted octanol–water partition coefficient (Wildman–Crippen LogP) is 3.75. The van der Waals surface area contributed by atoms with Crippen LogP contribution in [-0.2, 0) is 16.6 Å². The number of hydrogen-bond donors (Lipinski definition) is 1. The summed E-state index contributed by atoms with van der Waals surface area (Å²) in [6.07, 6.45) is 0. The second-order valence-electron chi connectivity index (χ2n) is 6.03. The van der Waals surface area contributed by atoms with E-state index in [2.05, 4.69) is 26.2 Å². The Hall–Kier alpha value is -2.07. The molecule has 0 fully saturated rings. The van der Waals surface area contributed by atoms with Gasteiger partial charge in [0, 0.05) is 41.6 Å². The van der Waals surface area contributed by atoms with Crippen molar-refractivity contribution in [3.05, 3.63) is 69.5 Å². The third-order valence-electron chi connectivity index (χ3n) is 4.10. The Morgan fingerprint density at radius 1 is 1.14 bits per heavy atom. The number of benzene rings is 2. The van der Waals surface area contributed by atoms with Crippen molar-refractivity contribution in [2.24, 2.45) is 0 Å². The molecule has 28 heavy (non-hydrogen) atoms. The second kappa shape index (κ2) is 8.52. The molecule has 2 aromatic carbocycles. The first-order valence-electron chi connectivity index (χ1n) is 8.30. The fraction of sp³-hybridized carbons (Fsp3) is 0.158. The number of halogens is 1. The number of rotatable bonds is 6. The zero-order valence-corrected chi connectivity index (χ0v) is 18.4. The van der Waals surface area contributed by atoms with Crippen LogP contribution in [0, 0.1) is 0 Å². The molecule has 0 aliphatic carbocycles. The van der Waals surface area contributed by atoms with Crippen LogP contribution in [0.4, 0.5) is 0 Å². The summed E-state index contributed by atoms with van der Waals surface area (Å²) in [5.41, 5.74) is 2.17. The maximum absolute atomic E-state index is 12.9. The normalized spacial score (nSPS) is 11.6. The molecular formula is C19H18BrN3O3S2. The molecule has 0 unspecified atom stereocenters. The van der Waals surface area contributed by atoms with Gasteiger partial charge in [0.2, 0.25) is 0 Å². The summed E-state index contributed by atoms with van der Waals surface area (Å²) < 4.78 is 27.9. The van der Waals surface area contributed by atoms with Crippen LogP contribution in [0.15, 0.2) is 63.4 Å². The zero-order chi connectivity index (χ0) is 20.3. The first kappa shape index (κ1) is 20.7. The maximum Gasteiger partial charge on any atom is 0.261 e. The van der Waals surface area contributed by atoms with Gasteiger partial charge in [-0.15, -0.1) is 11.3 Å². The average Bonchev–Trinajstić information content (AvgIpc) is 3.19. The molecule has 1 heterocycles.